The van der Waals surface area contributed by atoms with Gasteiger partial charge in [0.05, 0.1) is 12.2 Å². The summed E-state index contributed by atoms with van der Waals surface area (Å²) in [6, 6.07) is 10.0. The lowest BCUT2D eigenvalue weighted by Crippen LogP contribution is -2.25. The number of aliphatic hydroxyl groups excluding tert-OH is 1. The van der Waals surface area contributed by atoms with E-state index >= 15 is 0 Å². The molecule has 158 valence electrons. The number of halogens is 1. The van der Waals surface area contributed by atoms with E-state index in [-0.39, 0.29) is 17.0 Å². The van der Waals surface area contributed by atoms with Crippen LogP contribution < -0.4 is 4.74 Å². The van der Waals surface area contributed by atoms with Crippen LogP contribution in [-0.2, 0) is 11.2 Å². The van der Waals surface area contributed by atoms with Gasteiger partial charge in [-0.25, -0.2) is 0 Å². The lowest BCUT2D eigenvalue weighted by Gasteiger charge is -2.34. The maximum Gasteiger partial charge on any atom is 0.163 e. The largest absolute Gasteiger partial charge is 0.511 e. The van der Waals surface area contributed by atoms with Crippen molar-refractivity contribution in [2.75, 3.05) is 6.61 Å². The number of ether oxygens (including phenoxy) is 1. The first-order valence-electron chi connectivity index (χ1n) is 10.8. The van der Waals surface area contributed by atoms with E-state index in [1.54, 1.807) is 0 Å². The second-order valence-electron chi connectivity index (χ2n) is 8.97. The Morgan fingerprint density at radius 1 is 1.13 bits per heavy atom. The molecule has 0 radical (unpaired) electrons. The number of fused-ring (bicyclic) bond motifs is 1. The minimum Gasteiger partial charge on any atom is -0.511 e. The van der Waals surface area contributed by atoms with E-state index in [0.29, 0.717) is 10.6 Å². The van der Waals surface area contributed by atoms with Crippen molar-refractivity contribution < 1.29 is 14.6 Å². The number of ketones is 1. The maximum atomic E-state index is 12.6. The van der Waals surface area contributed by atoms with Gasteiger partial charge in [0.2, 0.25) is 0 Å². The van der Waals surface area contributed by atoms with Crippen LogP contribution in [0.2, 0.25) is 5.02 Å². The van der Waals surface area contributed by atoms with Crippen LogP contribution in [0.1, 0.15) is 62.6 Å². The van der Waals surface area contributed by atoms with Crippen molar-refractivity contribution in [1.82, 2.24) is 0 Å². The Kier molecular flexibility index (Phi) is 5.67. The quantitative estimate of drug-likeness (QED) is 0.421. The van der Waals surface area contributed by atoms with Crippen LogP contribution in [-0.4, -0.2) is 17.5 Å². The average molecular weight is 425 g/mol. The van der Waals surface area contributed by atoms with Gasteiger partial charge in [-0.05, 0) is 67.1 Å². The molecule has 4 heteroatoms. The molecule has 2 aromatic carbocycles. The lowest BCUT2D eigenvalue weighted by atomic mass is 9.72. The number of allylic oxidation sites excluding steroid dienone is 2. The smallest absolute Gasteiger partial charge is 0.163 e. The third-order valence-corrected chi connectivity index (χ3v) is 7.02. The van der Waals surface area contributed by atoms with Crippen molar-refractivity contribution in [1.29, 1.82) is 0 Å². The molecule has 0 saturated heterocycles. The van der Waals surface area contributed by atoms with Crippen LogP contribution in [0.25, 0.3) is 16.7 Å². The van der Waals surface area contributed by atoms with Gasteiger partial charge >= 0.3 is 0 Å². The second-order valence-corrected chi connectivity index (χ2v) is 9.38. The zero-order valence-corrected chi connectivity index (χ0v) is 18.7. The second kappa shape index (κ2) is 8.11. The predicted octanol–water partition coefficient (Wildman–Crippen LogP) is 7.08. The molecule has 0 bridgehead atoms. The van der Waals surface area contributed by atoms with Crippen molar-refractivity contribution in [2.45, 2.75) is 59.3 Å². The number of aryl methyl sites for hydroxylation is 1. The van der Waals surface area contributed by atoms with E-state index in [1.165, 1.54) is 18.9 Å². The Balaban J connectivity index is 1.80. The summed E-state index contributed by atoms with van der Waals surface area (Å²) in [5.74, 6) is 1.00. The molecule has 0 aromatic heterocycles. The third-order valence-electron chi connectivity index (χ3n) is 6.71. The van der Waals surface area contributed by atoms with E-state index in [2.05, 4.69) is 19.1 Å². The number of carbonyl (C=O) groups is 1. The number of hydrogen-bond donors (Lipinski definition) is 1. The first-order valence-corrected chi connectivity index (χ1v) is 11.2. The summed E-state index contributed by atoms with van der Waals surface area (Å²) >= 11 is 6.70. The van der Waals surface area contributed by atoms with Gasteiger partial charge in [0.1, 0.15) is 11.5 Å². The topological polar surface area (TPSA) is 46.5 Å². The number of benzene rings is 2. The highest BCUT2D eigenvalue weighted by Crippen LogP contribution is 2.45. The molecule has 1 fully saturated rings. The van der Waals surface area contributed by atoms with Gasteiger partial charge in [0.15, 0.2) is 5.78 Å². The van der Waals surface area contributed by atoms with Crippen LogP contribution in [0.5, 0.6) is 5.75 Å². The molecule has 4 rings (SSSR count). The maximum absolute atomic E-state index is 12.6. The standard InChI is InChI=1S/C26H29ClO3/c1-16-13-21(19-8-7-18-9-12-30-23(18)14-19)22(27)15-20(16)24(17(2)28)25(29)26(3)10-5-4-6-11-26/h7-8,13-15,29H,4-6,9-12H2,1-3H3/b25-24-. The molecular weight excluding hydrogens is 396 g/mol. The summed E-state index contributed by atoms with van der Waals surface area (Å²) in [5, 5.41) is 11.8. The molecule has 30 heavy (non-hydrogen) atoms. The first kappa shape index (κ1) is 21.0. The molecule has 1 N–H and O–H groups in total. The van der Waals surface area contributed by atoms with Crippen molar-refractivity contribution in [2.24, 2.45) is 5.41 Å². The number of Topliss-reactive ketones (excluding diaryl/α,β-unsaturated/α-hetero) is 1. The molecule has 1 heterocycles. The summed E-state index contributed by atoms with van der Waals surface area (Å²) in [6.07, 6.45) is 6.06. The monoisotopic (exact) mass is 424 g/mol. The van der Waals surface area contributed by atoms with Gasteiger partial charge in [0.25, 0.3) is 0 Å². The van der Waals surface area contributed by atoms with Crippen molar-refractivity contribution in [3.8, 4) is 16.9 Å². The Morgan fingerprint density at radius 3 is 2.57 bits per heavy atom. The zero-order chi connectivity index (χ0) is 21.5. The van der Waals surface area contributed by atoms with E-state index in [9.17, 15) is 9.90 Å². The van der Waals surface area contributed by atoms with E-state index < -0.39 is 0 Å². The van der Waals surface area contributed by atoms with Crippen LogP contribution in [0.15, 0.2) is 36.1 Å². The Bertz CT molecular complexity index is 1030. The minimum absolute atomic E-state index is 0.128. The molecule has 2 aliphatic rings. The normalized spacial score (nSPS) is 18.4. The SMILES string of the molecule is CC(=O)/C(=C(/O)C1(C)CCCCC1)c1cc(Cl)c(-c2ccc3c(c2)OCC3)cc1C. The molecule has 0 atom stereocenters. The average Bonchev–Trinajstić information content (AvgIpc) is 3.18. The molecule has 2 aromatic rings. The predicted molar refractivity (Wildman–Crippen MR) is 122 cm³/mol. The summed E-state index contributed by atoms with van der Waals surface area (Å²) in [6.45, 7) is 6.28. The molecule has 0 spiro atoms. The Hall–Kier alpha value is -2.26. The minimum atomic E-state index is -0.353. The summed E-state index contributed by atoms with van der Waals surface area (Å²) in [7, 11) is 0. The number of rotatable bonds is 4. The van der Waals surface area contributed by atoms with Gasteiger partial charge in [-0.1, -0.05) is 49.9 Å². The van der Waals surface area contributed by atoms with Crippen LogP contribution in [0, 0.1) is 12.3 Å². The van der Waals surface area contributed by atoms with E-state index in [1.807, 2.05) is 25.1 Å². The fourth-order valence-corrected chi connectivity index (χ4v) is 5.13. The van der Waals surface area contributed by atoms with Gasteiger partial charge in [-0.3, -0.25) is 4.79 Å². The highest BCUT2D eigenvalue weighted by molar-refractivity contribution is 6.34. The van der Waals surface area contributed by atoms with Gasteiger partial charge in [-0.15, -0.1) is 0 Å². The van der Waals surface area contributed by atoms with Gasteiger partial charge in [0, 0.05) is 22.4 Å². The molecule has 1 saturated carbocycles. The van der Waals surface area contributed by atoms with Crippen LogP contribution in [0.4, 0.5) is 0 Å². The van der Waals surface area contributed by atoms with Crippen LogP contribution in [0.3, 0.4) is 0 Å². The van der Waals surface area contributed by atoms with Crippen molar-refractivity contribution in [3.63, 3.8) is 0 Å². The molecule has 3 nitrogen and oxygen atoms in total. The fraction of sp³-hybridized carbons (Fsp3) is 0.423. The molecule has 1 aliphatic heterocycles. The van der Waals surface area contributed by atoms with Gasteiger partial charge < -0.3 is 9.84 Å². The molecule has 0 unspecified atom stereocenters. The highest BCUT2D eigenvalue weighted by atomic mass is 35.5. The first-order chi connectivity index (χ1) is 14.3. The molecule has 1 aliphatic carbocycles. The number of hydrogen-bond acceptors (Lipinski definition) is 3. The Labute approximate surface area is 183 Å². The van der Waals surface area contributed by atoms with Crippen LogP contribution >= 0.6 is 11.6 Å². The number of carbonyl (C=O) groups excluding carboxylic acids is 1. The van der Waals surface area contributed by atoms with Crippen molar-refractivity contribution in [3.05, 3.63) is 57.8 Å². The van der Waals surface area contributed by atoms with Gasteiger partial charge in [-0.2, -0.15) is 0 Å². The highest BCUT2D eigenvalue weighted by Gasteiger charge is 2.35. The third kappa shape index (κ3) is 3.76. The summed E-state index contributed by atoms with van der Waals surface area (Å²) in [4.78, 5) is 12.6. The summed E-state index contributed by atoms with van der Waals surface area (Å²) < 4.78 is 5.71. The lowest BCUT2D eigenvalue weighted by molar-refractivity contribution is -0.112. The molecule has 0 amide bonds. The summed E-state index contributed by atoms with van der Waals surface area (Å²) in [5.41, 5.74) is 4.81. The Morgan fingerprint density at radius 2 is 1.87 bits per heavy atom. The zero-order valence-electron chi connectivity index (χ0n) is 18.0. The van der Waals surface area contributed by atoms with E-state index in [0.717, 1.165) is 66.7 Å². The fourth-order valence-electron chi connectivity index (χ4n) is 4.86. The van der Waals surface area contributed by atoms with Crippen molar-refractivity contribution >= 4 is 23.0 Å². The van der Waals surface area contributed by atoms with E-state index in [4.69, 9.17) is 16.3 Å². The molecular formula is C26H29ClO3. The number of aliphatic hydroxyl groups is 1.